The molecule has 0 aliphatic carbocycles. The van der Waals surface area contributed by atoms with Crippen molar-refractivity contribution in [2.75, 3.05) is 7.11 Å². The average molecular weight is 277 g/mol. The fourth-order valence-electron chi connectivity index (χ4n) is 1.83. The van der Waals surface area contributed by atoms with Crippen molar-refractivity contribution in [2.24, 2.45) is 0 Å². The van der Waals surface area contributed by atoms with Gasteiger partial charge in [0.05, 0.1) is 7.11 Å². The van der Waals surface area contributed by atoms with E-state index in [0.717, 1.165) is 16.9 Å². The summed E-state index contributed by atoms with van der Waals surface area (Å²) in [6.45, 7) is 0.696. The summed E-state index contributed by atoms with van der Waals surface area (Å²) in [6.07, 6.45) is 0. The quantitative estimate of drug-likeness (QED) is 0.845. The molecule has 0 bridgehead atoms. The minimum Gasteiger partial charge on any atom is -0.497 e. The largest absolute Gasteiger partial charge is 0.497 e. The fraction of sp³-hybridized carbons (Fsp3) is 0.200. The molecule has 0 heterocycles. The lowest BCUT2D eigenvalue weighted by Gasteiger charge is -2.14. The highest BCUT2D eigenvalue weighted by molar-refractivity contribution is 7.17. The Morgan fingerprint density at radius 2 is 2.00 bits per heavy atom. The lowest BCUT2D eigenvalue weighted by atomic mass is 10.2. The molecule has 1 N–H and O–H groups in total. The number of halogens is 1. The third kappa shape index (κ3) is 4.02. The molecule has 2 aromatic rings. The molecule has 2 atom stereocenters. The molecule has 0 radical (unpaired) electrons. The first kappa shape index (κ1) is 14.0. The standard InChI is InChI=1S/C15H17FNOP/c1-18-14-7-2-4-11(8-14)10-17-15(19)12-5-3-6-13(16)9-12/h2-9,15,17H,10,19H2,1H3. The van der Waals surface area contributed by atoms with Crippen molar-refractivity contribution < 1.29 is 9.13 Å². The smallest absolute Gasteiger partial charge is 0.123 e. The molecule has 0 saturated heterocycles. The molecule has 0 aliphatic rings. The minimum atomic E-state index is -0.215. The van der Waals surface area contributed by atoms with Crippen LogP contribution in [0.1, 0.15) is 16.9 Å². The van der Waals surface area contributed by atoms with Crippen LogP contribution in [0.5, 0.6) is 5.75 Å². The molecule has 2 aromatic carbocycles. The first-order valence-electron chi connectivity index (χ1n) is 6.06. The Morgan fingerprint density at radius 1 is 1.21 bits per heavy atom. The second kappa shape index (κ2) is 6.65. The molecule has 0 saturated carbocycles. The SMILES string of the molecule is COc1cccc(CNC(P)c2cccc(F)c2)c1. The molecular weight excluding hydrogens is 260 g/mol. The van der Waals surface area contributed by atoms with E-state index in [1.807, 2.05) is 30.3 Å². The molecular formula is C15H17FNOP. The van der Waals surface area contributed by atoms with E-state index in [1.165, 1.54) is 12.1 Å². The summed E-state index contributed by atoms with van der Waals surface area (Å²) in [5.41, 5.74) is 2.04. The van der Waals surface area contributed by atoms with E-state index in [2.05, 4.69) is 14.6 Å². The van der Waals surface area contributed by atoms with Gasteiger partial charge in [-0.1, -0.05) is 24.3 Å². The van der Waals surface area contributed by atoms with Gasteiger partial charge in [0.1, 0.15) is 11.6 Å². The molecule has 2 unspecified atom stereocenters. The van der Waals surface area contributed by atoms with Crippen LogP contribution in [0.4, 0.5) is 4.39 Å². The van der Waals surface area contributed by atoms with Crippen LogP contribution in [0.3, 0.4) is 0 Å². The van der Waals surface area contributed by atoms with E-state index in [9.17, 15) is 4.39 Å². The van der Waals surface area contributed by atoms with Gasteiger partial charge >= 0.3 is 0 Å². The molecule has 19 heavy (non-hydrogen) atoms. The van der Waals surface area contributed by atoms with Crippen LogP contribution < -0.4 is 10.1 Å². The Balaban J connectivity index is 1.98. The van der Waals surface area contributed by atoms with E-state index in [4.69, 9.17) is 4.74 Å². The van der Waals surface area contributed by atoms with Crippen molar-refractivity contribution in [3.8, 4) is 5.75 Å². The monoisotopic (exact) mass is 277 g/mol. The number of methoxy groups -OCH3 is 1. The first-order valence-corrected chi connectivity index (χ1v) is 6.73. The minimum absolute atomic E-state index is 0.0156. The first-order chi connectivity index (χ1) is 9.19. The molecule has 0 aliphatic heterocycles. The summed E-state index contributed by atoms with van der Waals surface area (Å²) in [5.74, 6) is 0.639. The Morgan fingerprint density at radius 3 is 2.74 bits per heavy atom. The number of ether oxygens (including phenoxy) is 1. The number of hydrogen-bond donors (Lipinski definition) is 1. The summed E-state index contributed by atoms with van der Waals surface area (Å²) >= 11 is 0. The highest BCUT2D eigenvalue weighted by Crippen LogP contribution is 2.21. The van der Waals surface area contributed by atoms with Crippen molar-refractivity contribution in [3.05, 3.63) is 65.5 Å². The second-order valence-corrected chi connectivity index (χ2v) is 4.93. The van der Waals surface area contributed by atoms with E-state index in [-0.39, 0.29) is 11.6 Å². The van der Waals surface area contributed by atoms with Crippen LogP contribution in [0.25, 0.3) is 0 Å². The van der Waals surface area contributed by atoms with Crippen molar-refractivity contribution >= 4 is 9.24 Å². The molecule has 0 aromatic heterocycles. The Kier molecular flexibility index (Phi) is 4.89. The van der Waals surface area contributed by atoms with Crippen molar-refractivity contribution in [1.29, 1.82) is 0 Å². The summed E-state index contributed by atoms with van der Waals surface area (Å²) in [6, 6.07) is 14.5. The highest BCUT2D eigenvalue weighted by Gasteiger charge is 2.06. The summed E-state index contributed by atoms with van der Waals surface area (Å²) in [5, 5.41) is 3.33. The van der Waals surface area contributed by atoms with E-state index >= 15 is 0 Å². The van der Waals surface area contributed by atoms with Crippen LogP contribution in [-0.2, 0) is 6.54 Å². The number of rotatable bonds is 5. The zero-order valence-corrected chi connectivity index (χ0v) is 11.9. The van der Waals surface area contributed by atoms with Gasteiger partial charge in [-0.3, -0.25) is 0 Å². The molecule has 2 rings (SSSR count). The zero-order chi connectivity index (χ0) is 13.7. The van der Waals surface area contributed by atoms with Crippen molar-refractivity contribution in [2.45, 2.75) is 12.3 Å². The van der Waals surface area contributed by atoms with Gasteiger partial charge in [-0.25, -0.2) is 4.39 Å². The topological polar surface area (TPSA) is 21.3 Å². The van der Waals surface area contributed by atoms with E-state index in [1.54, 1.807) is 13.2 Å². The predicted molar refractivity (Wildman–Crippen MR) is 78.7 cm³/mol. The maximum Gasteiger partial charge on any atom is 0.123 e. The van der Waals surface area contributed by atoms with Gasteiger partial charge in [-0.15, -0.1) is 9.24 Å². The maximum atomic E-state index is 13.1. The molecule has 0 fully saturated rings. The predicted octanol–water partition coefficient (Wildman–Crippen LogP) is 3.50. The average Bonchev–Trinajstić information content (AvgIpc) is 2.45. The second-order valence-electron chi connectivity index (χ2n) is 4.27. The molecule has 0 amide bonds. The summed E-state index contributed by atoms with van der Waals surface area (Å²) in [4.78, 5) is 0. The van der Waals surface area contributed by atoms with Crippen LogP contribution >= 0.6 is 9.24 Å². The molecule has 0 spiro atoms. The lowest BCUT2D eigenvalue weighted by molar-refractivity contribution is 0.414. The normalized spacial score (nSPS) is 12.2. The number of benzene rings is 2. The third-order valence-electron chi connectivity index (χ3n) is 2.87. The van der Waals surface area contributed by atoms with Crippen LogP contribution in [0.2, 0.25) is 0 Å². The molecule has 2 nitrogen and oxygen atoms in total. The van der Waals surface area contributed by atoms with Crippen molar-refractivity contribution in [1.82, 2.24) is 5.32 Å². The maximum absolute atomic E-state index is 13.1. The van der Waals surface area contributed by atoms with E-state index < -0.39 is 0 Å². The Labute approximate surface area is 115 Å². The van der Waals surface area contributed by atoms with Gasteiger partial charge in [0, 0.05) is 12.3 Å². The molecule has 4 heteroatoms. The Bertz CT molecular complexity index is 547. The summed E-state index contributed by atoms with van der Waals surface area (Å²) in [7, 11) is 4.33. The van der Waals surface area contributed by atoms with Crippen LogP contribution in [0.15, 0.2) is 48.5 Å². The van der Waals surface area contributed by atoms with Gasteiger partial charge in [-0.2, -0.15) is 0 Å². The fourth-order valence-corrected chi connectivity index (χ4v) is 2.15. The van der Waals surface area contributed by atoms with Gasteiger partial charge in [0.25, 0.3) is 0 Å². The Hall–Kier alpha value is -1.44. The van der Waals surface area contributed by atoms with Crippen molar-refractivity contribution in [3.63, 3.8) is 0 Å². The van der Waals surface area contributed by atoms with Crippen LogP contribution in [0, 0.1) is 5.82 Å². The van der Waals surface area contributed by atoms with Gasteiger partial charge in [0.15, 0.2) is 0 Å². The summed E-state index contributed by atoms with van der Waals surface area (Å²) < 4.78 is 18.3. The zero-order valence-electron chi connectivity index (χ0n) is 10.8. The van der Waals surface area contributed by atoms with Gasteiger partial charge in [0.2, 0.25) is 0 Å². The number of nitrogens with one attached hydrogen (secondary N) is 1. The third-order valence-corrected chi connectivity index (χ3v) is 3.49. The number of hydrogen-bond acceptors (Lipinski definition) is 2. The highest BCUT2D eigenvalue weighted by atomic mass is 31.0. The van der Waals surface area contributed by atoms with Crippen LogP contribution in [-0.4, -0.2) is 7.11 Å². The lowest BCUT2D eigenvalue weighted by Crippen LogP contribution is -2.15. The van der Waals surface area contributed by atoms with Gasteiger partial charge in [-0.05, 0) is 35.4 Å². The molecule has 100 valence electrons. The van der Waals surface area contributed by atoms with Gasteiger partial charge < -0.3 is 10.1 Å². The van der Waals surface area contributed by atoms with E-state index in [0.29, 0.717) is 6.54 Å².